The fourth-order valence-electron chi connectivity index (χ4n) is 3.16. The lowest BCUT2D eigenvalue weighted by Crippen LogP contribution is -1.93. The summed E-state index contributed by atoms with van der Waals surface area (Å²) in [6, 6.07) is 0. The molecule has 0 aromatic carbocycles. The number of hydrogen-bond donors (Lipinski definition) is 0. The van der Waals surface area contributed by atoms with Gasteiger partial charge in [-0.1, -0.05) is 55.7 Å². The van der Waals surface area contributed by atoms with E-state index in [1.807, 2.05) is 0 Å². The Morgan fingerprint density at radius 1 is 0.850 bits per heavy atom. The first-order valence-corrected chi connectivity index (χ1v) is 8.66. The van der Waals surface area contributed by atoms with Gasteiger partial charge in [-0.3, -0.25) is 0 Å². The van der Waals surface area contributed by atoms with Crippen LogP contribution in [0.3, 0.4) is 0 Å². The van der Waals surface area contributed by atoms with Crippen LogP contribution >= 0.6 is 0 Å². The molecule has 0 radical (unpaired) electrons. The maximum atomic E-state index is 2.50. The molecule has 0 amide bonds. The van der Waals surface area contributed by atoms with Crippen molar-refractivity contribution in [3.8, 4) is 0 Å². The monoisotopic (exact) mass is 270 g/mol. The largest absolute Gasteiger partial charge is 0.0845 e. The molecule has 0 aromatic heterocycles. The van der Waals surface area contributed by atoms with Crippen molar-refractivity contribution in [1.82, 2.24) is 0 Å². The summed E-state index contributed by atoms with van der Waals surface area (Å²) in [5, 5.41) is 0. The Morgan fingerprint density at radius 3 is 2.40 bits per heavy atom. The van der Waals surface area contributed by atoms with Crippen LogP contribution in [0.2, 0.25) is 0 Å². The van der Waals surface area contributed by atoms with E-state index in [2.05, 4.69) is 37.3 Å². The van der Waals surface area contributed by atoms with E-state index < -0.39 is 0 Å². The average Bonchev–Trinajstić information content (AvgIpc) is 2.68. The van der Waals surface area contributed by atoms with Crippen LogP contribution in [-0.4, -0.2) is 0 Å². The molecule has 0 heteroatoms. The van der Waals surface area contributed by atoms with E-state index in [1.54, 1.807) is 16.7 Å². The minimum Gasteiger partial charge on any atom is -0.0845 e. The fraction of sp³-hybridized carbons (Fsp3) is 0.600. The summed E-state index contributed by atoms with van der Waals surface area (Å²) in [5.41, 5.74) is 4.77. The third-order valence-corrected chi connectivity index (χ3v) is 4.49. The van der Waals surface area contributed by atoms with Crippen LogP contribution in [0.4, 0.5) is 0 Å². The van der Waals surface area contributed by atoms with Crippen LogP contribution < -0.4 is 0 Å². The maximum absolute atomic E-state index is 2.50. The molecule has 2 aliphatic rings. The Hall–Kier alpha value is -1.04. The van der Waals surface area contributed by atoms with Gasteiger partial charge in [0, 0.05) is 0 Å². The van der Waals surface area contributed by atoms with E-state index in [0.717, 1.165) is 0 Å². The fourth-order valence-corrected chi connectivity index (χ4v) is 3.16. The first kappa shape index (κ1) is 15.4. The van der Waals surface area contributed by atoms with Crippen LogP contribution in [0.15, 0.2) is 47.1 Å². The molecule has 0 unspecified atom stereocenters. The summed E-state index contributed by atoms with van der Waals surface area (Å²) in [4.78, 5) is 0. The average molecular weight is 270 g/mol. The van der Waals surface area contributed by atoms with Gasteiger partial charge < -0.3 is 0 Å². The van der Waals surface area contributed by atoms with E-state index in [1.165, 1.54) is 70.6 Å². The minimum absolute atomic E-state index is 1.17. The molecule has 0 saturated carbocycles. The third kappa shape index (κ3) is 5.15. The second-order valence-electron chi connectivity index (χ2n) is 6.12. The molecule has 0 nitrogen and oxygen atoms in total. The van der Waals surface area contributed by atoms with E-state index >= 15 is 0 Å². The van der Waals surface area contributed by atoms with Gasteiger partial charge in [0.05, 0.1) is 0 Å². The van der Waals surface area contributed by atoms with Gasteiger partial charge in [-0.15, -0.1) is 0 Å². The molecule has 2 rings (SSSR count). The smallest absolute Gasteiger partial charge is 0.0276 e. The topological polar surface area (TPSA) is 0 Å². The van der Waals surface area contributed by atoms with Crippen molar-refractivity contribution in [3.05, 3.63) is 47.1 Å². The van der Waals surface area contributed by atoms with Gasteiger partial charge in [0.15, 0.2) is 0 Å². The van der Waals surface area contributed by atoms with E-state index in [4.69, 9.17) is 0 Å². The molecule has 20 heavy (non-hydrogen) atoms. The van der Waals surface area contributed by atoms with Crippen molar-refractivity contribution >= 4 is 0 Å². The Bertz CT molecular complexity index is 404. The predicted octanol–water partition coefficient (Wildman–Crippen LogP) is 6.66. The van der Waals surface area contributed by atoms with Crippen molar-refractivity contribution in [2.24, 2.45) is 0 Å². The maximum Gasteiger partial charge on any atom is -0.0276 e. The van der Waals surface area contributed by atoms with Crippen LogP contribution in [-0.2, 0) is 0 Å². The van der Waals surface area contributed by atoms with Gasteiger partial charge in [0.2, 0.25) is 0 Å². The van der Waals surface area contributed by atoms with E-state index in [0.29, 0.717) is 0 Å². The zero-order valence-corrected chi connectivity index (χ0v) is 13.2. The van der Waals surface area contributed by atoms with Crippen molar-refractivity contribution in [2.45, 2.75) is 77.6 Å². The molecule has 0 atom stereocenters. The van der Waals surface area contributed by atoms with E-state index in [-0.39, 0.29) is 0 Å². The Balaban J connectivity index is 2.20. The quantitative estimate of drug-likeness (QED) is 0.526. The second-order valence-corrected chi connectivity index (χ2v) is 6.12. The van der Waals surface area contributed by atoms with Gasteiger partial charge >= 0.3 is 0 Å². The van der Waals surface area contributed by atoms with Crippen molar-refractivity contribution in [2.75, 3.05) is 0 Å². The lowest BCUT2D eigenvalue weighted by Gasteiger charge is -2.12. The molecule has 0 N–H and O–H groups in total. The molecule has 0 aliphatic heterocycles. The molecular formula is C20H30. The highest BCUT2D eigenvalue weighted by molar-refractivity contribution is 5.39. The molecule has 0 saturated heterocycles. The SMILES string of the molecule is CCC1=C\CCCCCC(/C2=C/C=C/CCCCC2)=C\1. The van der Waals surface area contributed by atoms with Crippen LogP contribution in [0.1, 0.15) is 77.6 Å². The Labute approximate surface area is 125 Å². The van der Waals surface area contributed by atoms with Gasteiger partial charge in [0.25, 0.3) is 0 Å². The minimum atomic E-state index is 1.17. The van der Waals surface area contributed by atoms with Crippen molar-refractivity contribution < 1.29 is 0 Å². The van der Waals surface area contributed by atoms with Gasteiger partial charge in [-0.05, 0) is 68.9 Å². The number of rotatable bonds is 2. The first-order chi connectivity index (χ1) is 9.90. The highest BCUT2D eigenvalue weighted by atomic mass is 14.1. The molecule has 0 spiro atoms. The summed E-state index contributed by atoms with van der Waals surface area (Å²) < 4.78 is 0. The molecule has 0 heterocycles. The molecular weight excluding hydrogens is 240 g/mol. The van der Waals surface area contributed by atoms with Crippen molar-refractivity contribution in [1.29, 1.82) is 0 Å². The molecule has 0 aromatic rings. The second kappa shape index (κ2) is 9.00. The first-order valence-electron chi connectivity index (χ1n) is 8.66. The van der Waals surface area contributed by atoms with Gasteiger partial charge in [0.1, 0.15) is 0 Å². The zero-order chi connectivity index (χ0) is 14.0. The summed E-state index contributed by atoms with van der Waals surface area (Å²) >= 11 is 0. The number of hydrogen-bond acceptors (Lipinski definition) is 0. The van der Waals surface area contributed by atoms with Crippen LogP contribution in [0.5, 0.6) is 0 Å². The molecule has 110 valence electrons. The standard InChI is InChI=1S/C20H30/c1-2-18-13-9-7-8-12-16-20(17-18)19-14-10-5-3-4-6-11-15-19/h5,10,13-14,17H,2-4,6-9,11-12,15-16H2,1H3/b10-5+,18-13+,19-14+,20-17+. The summed E-state index contributed by atoms with van der Waals surface area (Å²) in [6.07, 6.45) is 26.4. The molecule has 0 fully saturated rings. The highest BCUT2D eigenvalue weighted by Crippen LogP contribution is 2.28. The third-order valence-electron chi connectivity index (χ3n) is 4.49. The number of allylic oxidation sites excluding steroid dienone is 8. The summed E-state index contributed by atoms with van der Waals surface area (Å²) in [6.45, 7) is 2.29. The lowest BCUT2D eigenvalue weighted by molar-refractivity contribution is 0.669. The van der Waals surface area contributed by atoms with E-state index in [9.17, 15) is 0 Å². The van der Waals surface area contributed by atoms with Crippen LogP contribution in [0, 0.1) is 0 Å². The van der Waals surface area contributed by atoms with Crippen molar-refractivity contribution in [3.63, 3.8) is 0 Å². The Morgan fingerprint density at radius 2 is 1.60 bits per heavy atom. The zero-order valence-electron chi connectivity index (χ0n) is 13.2. The molecule has 2 aliphatic carbocycles. The predicted molar refractivity (Wildman–Crippen MR) is 89.9 cm³/mol. The van der Waals surface area contributed by atoms with Gasteiger partial charge in [-0.2, -0.15) is 0 Å². The lowest BCUT2D eigenvalue weighted by atomic mass is 9.93. The highest BCUT2D eigenvalue weighted by Gasteiger charge is 2.08. The summed E-state index contributed by atoms with van der Waals surface area (Å²) in [7, 11) is 0. The van der Waals surface area contributed by atoms with Gasteiger partial charge in [-0.25, -0.2) is 0 Å². The normalized spacial score (nSPS) is 31.6. The summed E-state index contributed by atoms with van der Waals surface area (Å²) in [5.74, 6) is 0. The van der Waals surface area contributed by atoms with Crippen LogP contribution in [0.25, 0.3) is 0 Å². The Kier molecular flexibility index (Phi) is 6.91. The molecule has 0 bridgehead atoms.